The fourth-order valence-corrected chi connectivity index (χ4v) is 4.10. The van der Waals surface area contributed by atoms with Crippen LogP contribution >= 0.6 is 0 Å². The molecule has 8 nitrogen and oxygen atoms in total. The van der Waals surface area contributed by atoms with Gasteiger partial charge in [-0.1, -0.05) is 20.3 Å². The van der Waals surface area contributed by atoms with Gasteiger partial charge in [0.05, 0.1) is 28.8 Å². The summed E-state index contributed by atoms with van der Waals surface area (Å²) in [6.07, 6.45) is 9.47. The number of aromatic nitrogens is 5. The van der Waals surface area contributed by atoms with E-state index in [1.54, 1.807) is 4.68 Å². The molecule has 3 atom stereocenters. The van der Waals surface area contributed by atoms with Gasteiger partial charge >= 0.3 is 0 Å². The first-order valence-corrected chi connectivity index (χ1v) is 10.8. The van der Waals surface area contributed by atoms with Gasteiger partial charge in [0.25, 0.3) is 0 Å². The van der Waals surface area contributed by atoms with E-state index in [4.69, 9.17) is 9.72 Å². The molecule has 0 spiro atoms. The van der Waals surface area contributed by atoms with Gasteiger partial charge in [-0.3, -0.25) is 14.2 Å². The van der Waals surface area contributed by atoms with Crippen LogP contribution in [-0.2, 0) is 11.8 Å². The van der Waals surface area contributed by atoms with E-state index in [-0.39, 0.29) is 17.9 Å². The first kappa shape index (κ1) is 20.4. The van der Waals surface area contributed by atoms with Crippen LogP contribution in [0.4, 0.5) is 0 Å². The second-order valence-electron chi connectivity index (χ2n) is 8.20. The van der Waals surface area contributed by atoms with Crippen molar-refractivity contribution in [1.29, 1.82) is 0 Å². The summed E-state index contributed by atoms with van der Waals surface area (Å²) < 4.78 is 10.1. The summed E-state index contributed by atoms with van der Waals surface area (Å²) in [6.45, 7) is 7.02. The van der Waals surface area contributed by atoms with Crippen LogP contribution < -0.4 is 10.1 Å². The highest BCUT2D eigenvalue weighted by molar-refractivity contribution is 5.86. The number of hydrogen-bond acceptors (Lipinski definition) is 5. The third-order valence-corrected chi connectivity index (χ3v) is 5.92. The molecule has 1 unspecified atom stereocenters. The number of rotatable bonds is 8. The van der Waals surface area contributed by atoms with Crippen LogP contribution in [0.15, 0.2) is 24.7 Å². The number of aryl methyl sites for hydroxylation is 1. The van der Waals surface area contributed by atoms with E-state index >= 15 is 0 Å². The average Bonchev–Trinajstić information content (AvgIpc) is 3.45. The van der Waals surface area contributed by atoms with Gasteiger partial charge in [0, 0.05) is 43.9 Å². The molecule has 8 heteroatoms. The van der Waals surface area contributed by atoms with Crippen LogP contribution in [0.5, 0.6) is 5.88 Å². The lowest BCUT2D eigenvalue weighted by Crippen LogP contribution is -2.26. The van der Waals surface area contributed by atoms with Crippen molar-refractivity contribution in [3.63, 3.8) is 0 Å². The Bertz CT molecular complexity index is 1040. The highest BCUT2D eigenvalue weighted by Gasteiger charge is 2.29. The van der Waals surface area contributed by atoms with Gasteiger partial charge in [-0.05, 0) is 25.8 Å². The molecule has 0 bridgehead atoms. The molecular weight excluding hydrogens is 380 g/mol. The molecule has 4 rings (SSSR count). The molecule has 3 aromatic heterocycles. The Morgan fingerprint density at radius 1 is 1.33 bits per heavy atom. The molecule has 0 radical (unpaired) electrons. The van der Waals surface area contributed by atoms with E-state index in [1.807, 2.05) is 37.1 Å². The van der Waals surface area contributed by atoms with Gasteiger partial charge < -0.3 is 10.1 Å². The van der Waals surface area contributed by atoms with Crippen LogP contribution in [-0.4, -0.2) is 43.1 Å². The predicted molar refractivity (Wildman–Crippen MR) is 115 cm³/mol. The van der Waals surface area contributed by atoms with Gasteiger partial charge in [0.2, 0.25) is 11.8 Å². The van der Waals surface area contributed by atoms with Crippen molar-refractivity contribution in [3.8, 4) is 17.1 Å². The highest BCUT2D eigenvalue weighted by Crippen LogP contribution is 2.31. The summed E-state index contributed by atoms with van der Waals surface area (Å²) in [6, 6.07) is 2.38. The van der Waals surface area contributed by atoms with Gasteiger partial charge in [0.1, 0.15) is 6.10 Å². The van der Waals surface area contributed by atoms with Gasteiger partial charge in [-0.25, -0.2) is 4.98 Å². The minimum atomic E-state index is -0.133. The predicted octanol–water partition coefficient (Wildman–Crippen LogP) is 3.49. The van der Waals surface area contributed by atoms with E-state index in [9.17, 15) is 4.79 Å². The van der Waals surface area contributed by atoms with Crippen molar-refractivity contribution in [1.82, 2.24) is 29.9 Å². The number of carbonyl (C=O) groups excluding carboxylic acids is 1. The number of ether oxygens (including phenoxy) is 1. The molecule has 30 heavy (non-hydrogen) atoms. The molecule has 1 amide bonds. The number of hydrogen-bond donors (Lipinski definition) is 1. The summed E-state index contributed by atoms with van der Waals surface area (Å²) in [4.78, 5) is 16.4. The molecule has 1 saturated heterocycles. The van der Waals surface area contributed by atoms with Crippen molar-refractivity contribution >= 4 is 16.8 Å². The molecule has 0 aliphatic carbocycles. The molecule has 1 fully saturated rings. The van der Waals surface area contributed by atoms with Crippen LogP contribution in [0.1, 0.15) is 52.5 Å². The monoisotopic (exact) mass is 410 g/mol. The first-order chi connectivity index (χ1) is 14.5. The third kappa shape index (κ3) is 4.04. The largest absolute Gasteiger partial charge is 0.474 e. The topological polar surface area (TPSA) is 86.9 Å². The van der Waals surface area contributed by atoms with Crippen LogP contribution in [0, 0.1) is 5.92 Å². The summed E-state index contributed by atoms with van der Waals surface area (Å²) in [5, 5.41) is 12.9. The minimum Gasteiger partial charge on any atom is -0.474 e. The van der Waals surface area contributed by atoms with Crippen molar-refractivity contribution in [2.75, 3.05) is 6.54 Å². The zero-order chi connectivity index (χ0) is 21.3. The normalized spacial score (nSPS) is 18.5. The summed E-state index contributed by atoms with van der Waals surface area (Å²) in [5.74, 6) is 0.765. The molecule has 160 valence electrons. The molecule has 1 aliphatic rings. The van der Waals surface area contributed by atoms with Crippen LogP contribution in [0.3, 0.4) is 0 Å². The molecule has 4 heterocycles. The molecule has 1 aliphatic heterocycles. The van der Waals surface area contributed by atoms with Gasteiger partial charge in [-0.2, -0.15) is 10.2 Å². The Labute approximate surface area is 176 Å². The van der Waals surface area contributed by atoms with E-state index in [1.165, 1.54) is 0 Å². The quantitative estimate of drug-likeness (QED) is 0.614. The van der Waals surface area contributed by atoms with E-state index in [0.29, 0.717) is 24.9 Å². The SMILES string of the molecule is CCCC(CC)n1cc(-c2cc3nn(C)cc3c(O[C@H](C)[C@H]3CNC(=O)C3)n2)cn1. The Morgan fingerprint density at radius 2 is 2.17 bits per heavy atom. The maximum Gasteiger partial charge on any atom is 0.225 e. The minimum absolute atomic E-state index is 0.0775. The van der Waals surface area contributed by atoms with Gasteiger partial charge in [-0.15, -0.1) is 0 Å². The molecule has 0 aromatic carbocycles. The molecule has 0 saturated carbocycles. The lowest BCUT2D eigenvalue weighted by atomic mass is 10.0. The fourth-order valence-electron chi connectivity index (χ4n) is 4.10. The fraction of sp³-hybridized carbons (Fsp3) is 0.545. The number of pyridine rings is 1. The van der Waals surface area contributed by atoms with E-state index < -0.39 is 0 Å². The number of nitrogens with zero attached hydrogens (tertiary/aromatic N) is 5. The Morgan fingerprint density at radius 3 is 2.87 bits per heavy atom. The summed E-state index contributed by atoms with van der Waals surface area (Å²) >= 11 is 0. The van der Waals surface area contributed by atoms with Gasteiger partial charge in [0.15, 0.2) is 0 Å². The lowest BCUT2D eigenvalue weighted by Gasteiger charge is -2.19. The van der Waals surface area contributed by atoms with Crippen LogP contribution in [0.25, 0.3) is 22.2 Å². The average molecular weight is 411 g/mol. The molecule has 1 N–H and O–H groups in total. The Kier molecular flexibility index (Phi) is 5.74. The second kappa shape index (κ2) is 8.45. The number of amides is 1. The maximum absolute atomic E-state index is 11.6. The van der Waals surface area contributed by atoms with Crippen molar-refractivity contribution < 1.29 is 9.53 Å². The van der Waals surface area contributed by atoms with Crippen molar-refractivity contribution in [2.24, 2.45) is 13.0 Å². The third-order valence-electron chi connectivity index (χ3n) is 5.92. The van der Waals surface area contributed by atoms with Crippen molar-refractivity contribution in [2.45, 2.75) is 58.6 Å². The summed E-state index contributed by atoms with van der Waals surface area (Å²) in [5.41, 5.74) is 2.58. The number of fused-ring (bicyclic) bond motifs is 1. The zero-order valence-corrected chi connectivity index (χ0v) is 18.1. The first-order valence-electron chi connectivity index (χ1n) is 10.8. The van der Waals surface area contributed by atoms with Crippen molar-refractivity contribution in [3.05, 3.63) is 24.7 Å². The smallest absolute Gasteiger partial charge is 0.225 e. The van der Waals surface area contributed by atoms with Crippen LogP contribution in [0.2, 0.25) is 0 Å². The second-order valence-corrected chi connectivity index (χ2v) is 8.20. The number of nitrogens with one attached hydrogen (secondary N) is 1. The maximum atomic E-state index is 11.6. The lowest BCUT2D eigenvalue weighted by molar-refractivity contribution is -0.119. The standard InChI is InChI=1S/C22H30N6O2/c1-5-7-17(6-2)28-12-16(11-24-28)19-9-20-18(13-27(4)26-20)22(25-19)30-14(3)15-8-21(29)23-10-15/h9,11-15,17H,5-8,10H2,1-4H3,(H,23,29)/t14-,15-,17?/m1/s1. The molecule has 3 aromatic rings. The Hall–Kier alpha value is -2.90. The number of carbonyl (C=O) groups is 1. The zero-order valence-electron chi connectivity index (χ0n) is 18.1. The molecular formula is C22H30N6O2. The van der Waals surface area contributed by atoms with E-state index in [2.05, 4.69) is 35.6 Å². The van der Waals surface area contributed by atoms with E-state index in [0.717, 1.165) is 41.4 Å². The Balaban J connectivity index is 1.66. The summed E-state index contributed by atoms with van der Waals surface area (Å²) in [7, 11) is 1.89. The highest BCUT2D eigenvalue weighted by atomic mass is 16.5.